The van der Waals surface area contributed by atoms with Crippen LogP contribution in [-0.2, 0) is 4.74 Å². The summed E-state index contributed by atoms with van der Waals surface area (Å²) in [5, 5.41) is 7.14. The zero-order valence-corrected chi connectivity index (χ0v) is 16.9. The fraction of sp³-hybridized carbons (Fsp3) is 0.950. The van der Waals surface area contributed by atoms with Crippen molar-refractivity contribution in [1.82, 2.24) is 20.4 Å². The highest BCUT2D eigenvalue weighted by molar-refractivity contribution is 5.80. The number of ether oxygens (including phenoxy) is 1. The standard InChI is InChI=1S/C20H39N5O/c1-3-21-20(22-13-17-5-4-9-24(2)14-17)23-19-6-10-25(11-7-19)15-18-8-12-26-16-18/h17-19H,3-16H2,1-2H3,(H2,21,22,23). The number of rotatable bonds is 6. The van der Waals surface area contributed by atoms with Crippen LogP contribution in [0.25, 0.3) is 0 Å². The van der Waals surface area contributed by atoms with E-state index in [1.54, 1.807) is 0 Å². The third-order valence-electron chi connectivity index (χ3n) is 6.04. The second-order valence-corrected chi connectivity index (χ2v) is 8.44. The van der Waals surface area contributed by atoms with Crippen molar-refractivity contribution in [3.05, 3.63) is 0 Å². The number of hydrogen-bond acceptors (Lipinski definition) is 4. The van der Waals surface area contributed by atoms with E-state index in [9.17, 15) is 0 Å². The van der Waals surface area contributed by atoms with E-state index in [1.807, 2.05) is 0 Å². The van der Waals surface area contributed by atoms with Crippen molar-refractivity contribution in [2.24, 2.45) is 16.8 Å². The lowest BCUT2D eigenvalue weighted by molar-refractivity contribution is 0.150. The Hall–Kier alpha value is -0.850. The van der Waals surface area contributed by atoms with E-state index >= 15 is 0 Å². The third-order valence-corrected chi connectivity index (χ3v) is 6.04. The molecular weight excluding hydrogens is 326 g/mol. The molecule has 0 spiro atoms. The highest BCUT2D eigenvalue weighted by Crippen LogP contribution is 2.18. The molecule has 150 valence electrons. The minimum absolute atomic E-state index is 0.554. The Bertz CT molecular complexity index is 430. The summed E-state index contributed by atoms with van der Waals surface area (Å²) in [4.78, 5) is 9.97. The lowest BCUT2D eigenvalue weighted by Gasteiger charge is -2.34. The Morgan fingerprint density at radius 3 is 2.65 bits per heavy atom. The lowest BCUT2D eigenvalue weighted by atomic mass is 9.99. The van der Waals surface area contributed by atoms with Gasteiger partial charge in [-0.15, -0.1) is 0 Å². The third kappa shape index (κ3) is 6.39. The second kappa shape index (κ2) is 10.5. The molecule has 3 saturated heterocycles. The first-order chi connectivity index (χ1) is 12.7. The summed E-state index contributed by atoms with van der Waals surface area (Å²) in [5.74, 6) is 2.48. The van der Waals surface area contributed by atoms with E-state index in [2.05, 4.69) is 34.4 Å². The summed E-state index contributed by atoms with van der Waals surface area (Å²) >= 11 is 0. The van der Waals surface area contributed by atoms with Crippen LogP contribution in [0.1, 0.15) is 39.0 Å². The molecule has 0 aliphatic carbocycles. The molecule has 2 atom stereocenters. The maximum Gasteiger partial charge on any atom is 0.191 e. The average molecular weight is 366 g/mol. The number of hydrogen-bond donors (Lipinski definition) is 2. The summed E-state index contributed by atoms with van der Waals surface area (Å²) in [6.07, 6.45) is 6.29. The molecular formula is C20H39N5O. The van der Waals surface area contributed by atoms with Gasteiger partial charge in [0, 0.05) is 51.9 Å². The Balaban J connectivity index is 1.40. The first-order valence-corrected chi connectivity index (χ1v) is 10.8. The average Bonchev–Trinajstić information content (AvgIpc) is 3.15. The fourth-order valence-electron chi connectivity index (χ4n) is 4.51. The Kier molecular flexibility index (Phi) is 8.02. The second-order valence-electron chi connectivity index (χ2n) is 8.44. The van der Waals surface area contributed by atoms with Crippen LogP contribution < -0.4 is 10.6 Å². The predicted molar refractivity (Wildman–Crippen MR) is 108 cm³/mol. The van der Waals surface area contributed by atoms with Crippen LogP contribution in [0.15, 0.2) is 4.99 Å². The lowest BCUT2D eigenvalue weighted by Crippen LogP contribution is -2.49. The van der Waals surface area contributed by atoms with Crippen molar-refractivity contribution in [1.29, 1.82) is 0 Å². The fourth-order valence-corrected chi connectivity index (χ4v) is 4.51. The molecule has 3 fully saturated rings. The molecule has 0 amide bonds. The van der Waals surface area contributed by atoms with Gasteiger partial charge in [0.05, 0.1) is 6.61 Å². The molecule has 0 aromatic carbocycles. The molecule has 3 rings (SSSR count). The number of guanidine groups is 1. The van der Waals surface area contributed by atoms with E-state index in [0.717, 1.165) is 38.2 Å². The van der Waals surface area contributed by atoms with E-state index in [0.29, 0.717) is 12.0 Å². The van der Waals surface area contributed by atoms with Crippen molar-refractivity contribution in [3.63, 3.8) is 0 Å². The van der Waals surface area contributed by atoms with Crippen molar-refractivity contribution in [2.75, 3.05) is 66.1 Å². The smallest absolute Gasteiger partial charge is 0.191 e. The molecule has 6 heteroatoms. The zero-order chi connectivity index (χ0) is 18.2. The predicted octanol–water partition coefficient (Wildman–Crippen LogP) is 1.38. The van der Waals surface area contributed by atoms with Crippen LogP contribution in [0.5, 0.6) is 0 Å². The van der Waals surface area contributed by atoms with Crippen LogP contribution in [0.2, 0.25) is 0 Å². The highest BCUT2D eigenvalue weighted by Gasteiger charge is 2.24. The molecule has 0 saturated carbocycles. The minimum atomic E-state index is 0.554. The van der Waals surface area contributed by atoms with E-state index < -0.39 is 0 Å². The summed E-state index contributed by atoms with van der Waals surface area (Å²) < 4.78 is 5.52. The molecule has 26 heavy (non-hydrogen) atoms. The number of aliphatic imine (C=N–C) groups is 1. The molecule has 2 unspecified atom stereocenters. The van der Waals surface area contributed by atoms with Crippen molar-refractivity contribution >= 4 is 5.96 Å². The van der Waals surface area contributed by atoms with Crippen LogP contribution in [-0.4, -0.2) is 87.9 Å². The molecule has 0 aromatic heterocycles. The van der Waals surface area contributed by atoms with Gasteiger partial charge in [0.15, 0.2) is 5.96 Å². The van der Waals surface area contributed by atoms with E-state index in [4.69, 9.17) is 9.73 Å². The number of piperidine rings is 2. The Labute approximate surface area is 159 Å². The number of likely N-dealkylation sites (tertiary alicyclic amines) is 2. The molecule has 0 bridgehead atoms. The highest BCUT2D eigenvalue weighted by atomic mass is 16.5. The molecule has 3 aliphatic rings. The van der Waals surface area contributed by atoms with Gasteiger partial charge in [-0.05, 0) is 64.5 Å². The molecule has 6 nitrogen and oxygen atoms in total. The minimum Gasteiger partial charge on any atom is -0.381 e. The molecule has 2 N–H and O–H groups in total. The molecule has 3 heterocycles. The summed E-state index contributed by atoms with van der Waals surface area (Å²) in [5.41, 5.74) is 0. The van der Waals surface area contributed by atoms with Gasteiger partial charge in [-0.2, -0.15) is 0 Å². The topological polar surface area (TPSA) is 52.1 Å². The van der Waals surface area contributed by atoms with Gasteiger partial charge in [0.1, 0.15) is 0 Å². The number of nitrogens with one attached hydrogen (secondary N) is 2. The van der Waals surface area contributed by atoms with E-state index in [-0.39, 0.29) is 0 Å². The molecule has 0 radical (unpaired) electrons. The van der Waals surface area contributed by atoms with Gasteiger partial charge < -0.3 is 25.2 Å². The first-order valence-electron chi connectivity index (χ1n) is 10.8. The SMILES string of the molecule is CCNC(=NCC1CCCN(C)C1)NC1CCN(CC2CCOC2)CC1. The van der Waals surface area contributed by atoms with Crippen LogP contribution >= 0.6 is 0 Å². The molecule has 0 aromatic rings. The van der Waals surface area contributed by atoms with Crippen molar-refractivity contribution in [2.45, 2.75) is 45.1 Å². The summed E-state index contributed by atoms with van der Waals surface area (Å²) in [6, 6.07) is 0.554. The van der Waals surface area contributed by atoms with E-state index in [1.165, 1.54) is 64.8 Å². The van der Waals surface area contributed by atoms with Gasteiger partial charge >= 0.3 is 0 Å². The summed E-state index contributed by atoms with van der Waals surface area (Å²) in [7, 11) is 2.23. The maximum absolute atomic E-state index is 5.52. The van der Waals surface area contributed by atoms with Crippen molar-refractivity contribution in [3.8, 4) is 0 Å². The maximum atomic E-state index is 5.52. The van der Waals surface area contributed by atoms with Gasteiger partial charge in [0.25, 0.3) is 0 Å². The van der Waals surface area contributed by atoms with Crippen LogP contribution in [0.4, 0.5) is 0 Å². The largest absolute Gasteiger partial charge is 0.381 e. The Morgan fingerprint density at radius 2 is 1.96 bits per heavy atom. The van der Waals surface area contributed by atoms with Crippen LogP contribution in [0, 0.1) is 11.8 Å². The Morgan fingerprint density at radius 1 is 1.12 bits per heavy atom. The normalized spacial score (nSPS) is 29.8. The first kappa shape index (κ1) is 19.9. The molecule has 3 aliphatic heterocycles. The van der Waals surface area contributed by atoms with Crippen LogP contribution in [0.3, 0.4) is 0 Å². The quantitative estimate of drug-likeness (QED) is 0.550. The number of nitrogens with zero attached hydrogens (tertiary/aromatic N) is 3. The monoisotopic (exact) mass is 365 g/mol. The summed E-state index contributed by atoms with van der Waals surface area (Å²) in [6.45, 7) is 12.0. The van der Waals surface area contributed by atoms with Gasteiger partial charge in [-0.1, -0.05) is 0 Å². The van der Waals surface area contributed by atoms with Gasteiger partial charge in [-0.3, -0.25) is 4.99 Å². The van der Waals surface area contributed by atoms with Gasteiger partial charge in [0.2, 0.25) is 0 Å². The van der Waals surface area contributed by atoms with Crippen molar-refractivity contribution < 1.29 is 4.74 Å². The van der Waals surface area contributed by atoms with Gasteiger partial charge in [-0.25, -0.2) is 0 Å². The zero-order valence-electron chi connectivity index (χ0n) is 16.9.